The number of aromatic nitrogens is 5. The van der Waals surface area contributed by atoms with Crippen LogP contribution in [0.5, 0.6) is 0 Å². The van der Waals surface area contributed by atoms with Crippen LogP contribution in [0.2, 0.25) is 0 Å². The minimum Gasteiger partial charge on any atom is -0.309 e. The summed E-state index contributed by atoms with van der Waals surface area (Å²) < 4.78 is 6.62. The fraction of sp³-hybridized carbons (Fsp3) is 0. The first-order chi connectivity index (χ1) is 29.2. The average Bonchev–Trinajstić information content (AvgIpc) is 4.00. The minimum absolute atomic E-state index is 0.693. The molecule has 5 heteroatoms. The van der Waals surface area contributed by atoms with Crippen LogP contribution in [0.15, 0.2) is 212 Å². The van der Waals surface area contributed by atoms with Gasteiger partial charge in [-0.15, -0.1) is 5.10 Å². The van der Waals surface area contributed by atoms with E-state index in [1.807, 2.05) is 22.8 Å². The second-order valence-electron chi connectivity index (χ2n) is 15.1. The van der Waals surface area contributed by atoms with Gasteiger partial charge in [0, 0.05) is 50.2 Å². The highest BCUT2D eigenvalue weighted by Gasteiger charge is 2.17. The molecule has 0 bridgehead atoms. The van der Waals surface area contributed by atoms with Gasteiger partial charge >= 0.3 is 0 Å². The van der Waals surface area contributed by atoms with Gasteiger partial charge < -0.3 is 9.13 Å². The molecule has 276 valence electrons. The van der Waals surface area contributed by atoms with Gasteiger partial charge in [0.1, 0.15) is 0 Å². The maximum absolute atomic E-state index is 5.09. The predicted octanol–water partition coefficient (Wildman–Crippen LogP) is 13.6. The number of benzene rings is 8. The van der Waals surface area contributed by atoms with Gasteiger partial charge in [0.15, 0.2) is 11.5 Å². The topological polar surface area (TPSA) is 40.0 Å². The van der Waals surface area contributed by atoms with Gasteiger partial charge in [0.2, 0.25) is 0 Å². The first-order valence-corrected chi connectivity index (χ1v) is 20.0. The molecule has 4 aromatic heterocycles. The molecule has 0 atom stereocenters. The van der Waals surface area contributed by atoms with Crippen LogP contribution in [-0.2, 0) is 0 Å². The molecule has 0 N–H and O–H groups in total. The van der Waals surface area contributed by atoms with E-state index in [0.717, 1.165) is 33.5 Å². The van der Waals surface area contributed by atoms with Gasteiger partial charge in [0.05, 0.1) is 22.1 Å². The van der Waals surface area contributed by atoms with Gasteiger partial charge in [-0.1, -0.05) is 115 Å². The molecule has 0 aliphatic carbocycles. The number of pyridine rings is 1. The third kappa shape index (κ3) is 5.40. The molecule has 0 spiro atoms. The molecule has 5 nitrogen and oxygen atoms in total. The maximum Gasteiger partial charge on any atom is 0.182 e. The van der Waals surface area contributed by atoms with Gasteiger partial charge in [0.25, 0.3) is 0 Å². The van der Waals surface area contributed by atoms with Crippen molar-refractivity contribution in [2.45, 2.75) is 0 Å². The van der Waals surface area contributed by atoms with Crippen molar-refractivity contribution in [2.24, 2.45) is 0 Å². The van der Waals surface area contributed by atoms with E-state index in [1.54, 1.807) is 0 Å². The Balaban J connectivity index is 0.915. The molecule has 0 amide bonds. The van der Waals surface area contributed by atoms with E-state index < -0.39 is 0 Å². The predicted molar refractivity (Wildman–Crippen MR) is 243 cm³/mol. The summed E-state index contributed by atoms with van der Waals surface area (Å²) in [5, 5.41) is 9.88. The fourth-order valence-corrected chi connectivity index (χ4v) is 8.95. The summed E-state index contributed by atoms with van der Waals surface area (Å²) in [4.78, 5) is 5.09. The smallest absolute Gasteiger partial charge is 0.182 e. The third-order valence-electron chi connectivity index (χ3n) is 11.7. The fourth-order valence-electron chi connectivity index (χ4n) is 8.95. The lowest BCUT2D eigenvalue weighted by Crippen LogP contribution is -1.94. The highest BCUT2D eigenvalue weighted by atomic mass is 15.3. The van der Waals surface area contributed by atoms with Crippen molar-refractivity contribution in [2.75, 3.05) is 0 Å². The van der Waals surface area contributed by atoms with Crippen molar-refractivity contribution in [3.05, 3.63) is 212 Å². The summed E-state index contributed by atoms with van der Waals surface area (Å²) in [5.74, 6) is 0.693. The first kappa shape index (κ1) is 33.2. The molecule has 8 aromatic carbocycles. The molecule has 0 saturated carbocycles. The van der Waals surface area contributed by atoms with Crippen molar-refractivity contribution in [1.82, 2.24) is 23.7 Å². The number of hydrogen-bond acceptors (Lipinski definition) is 2. The highest BCUT2D eigenvalue weighted by Crippen LogP contribution is 2.39. The van der Waals surface area contributed by atoms with Crippen LogP contribution in [0.4, 0.5) is 0 Å². The Morgan fingerprint density at radius 2 is 0.831 bits per heavy atom. The Labute approximate surface area is 340 Å². The molecule has 12 aromatic rings. The molecule has 4 heterocycles. The molecule has 0 aliphatic rings. The lowest BCUT2D eigenvalue weighted by atomic mass is 10.00. The largest absolute Gasteiger partial charge is 0.309 e. The summed E-state index contributed by atoms with van der Waals surface area (Å²) in [7, 11) is 0. The van der Waals surface area contributed by atoms with Crippen LogP contribution in [0.1, 0.15) is 0 Å². The number of fused-ring (bicyclic) bond motifs is 7. The summed E-state index contributed by atoms with van der Waals surface area (Å²) in [6, 6.07) is 73.7. The van der Waals surface area contributed by atoms with Crippen LogP contribution in [0.3, 0.4) is 0 Å². The summed E-state index contributed by atoms with van der Waals surface area (Å²) in [6.07, 6.45) is 1.97. The highest BCUT2D eigenvalue weighted by molar-refractivity contribution is 6.12. The Morgan fingerprint density at radius 1 is 0.322 bits per heavy atom. The van der Waals surface area contributed by atoms with Crippen molar-refractivity contribution < 1.29 is 0 Å². The van der Waals surface area contributed by atoms with E-state index in [0.29, 0.717) is 5.82 Å². The standard InChI is InChI=1S/C54H35N5/c1-3-13-36(14-4-1)38-15-11-16-41(33-38)44-21-12-32-57-54(44)55-53(56-57)37-24-28-43(29-25-37)59-50-23-10-8-20-46(50)48-35-40(27-31-52(48)59)39-26-30-51-47(34-39)45-19-7-9-22-49(45)58(51)42-17-5-2-6-18-42/h1-35H. The second kappa shape index (κ2) is 13.3. The minimum atomic E-state index is 0.693. The van der Waals surface area contributed by atoms with Gasteiger partial charge in [-0.2, -0.15) is 0 Å². The number of hydrogen-bond donors (Lipinski definition) is 0. The Hall–Kier alpha value is -8.02. The lowest BCUT2D eigenvalue weighted by Gasteiger charge is -2.10. The number of para-hydroxylation sites is 3. The molecule has 0 radical (unpaired) electrons. The van der Waals surface area contributed by atoms with Crippen LogP contribution >= 0.6 is 0 Å². The Bertz CT molecular complexity index is 3540. The second-order valence-corrected chi connectivity index (χ2v) is 15.1. The SMILES string of the molecule is c1ccc(-c2cccc(-c3cccn4nc(-c5ccc(-n6c7ccccc7c7cc(-c8ccc9c(c8)c8ccccc8n9-c8ccccc8)ccc76)cc5)nc34)c2)cc1. The van der Waals surface area contributed by atoms with Gasteiger partial charge in [-0.05, 0) is 119 Å². The monoisotopic (exact) mass is 753 g/mol. The van der Waals surface area contributed by atoms with Crippen LogP contribution in [0.25, 0.3) is 105 Å². The Morgan fingerprint density at radius 3 is 1.49 bits per heavy atom. The average molecular weight is 754 g/mol. The van der Waals surface area contributed by atoms with Crippen molar-refractivity contribution in [3.8, 4) is 56.1 Å². The van der Waals surface area contributed by atoms with E-state index in [1.165, 1.54) is 66.0 Å². The molecule has 0 saturated heterocycles. The number of nitrogens with zero attached hydrogens (tertiary/aromatic N) is 5. The van der Waals surface area contributed by atoms with Crippen molar-refractivity contribution in [3.63, 3.8) is 0 Å². The van der Waals surface area contributed by atoms with Crippen molar-refractivity contribution >= 4 is 49.3 Å². The normalized spacial score (nSPS) is 11.7. The molecule has 12 rings (SSSR count). The van der Waals surface area contributed by atoms with E-state index in [9.17, 15) is 0 Å². The van der Waals surface area contributed by atoms with E-state index in [4.69, 9.17) is 10.1 Å². The van der Waals surface area contributed by atoms with E-state index in [-0.39, 0.29) is 0 Å². The van der Waals surface area contributed by atoms with Crippen LogP contribution in [-0.4, -0.2) is 23.7 Å². The van der Waals surface area contributed by atoms with Gasteiger partial charge in [-0.25, -0.2) is 9.50 Å². The zero-order valence-electron chi connectivity index (χ0n) is 31.9. The maximum atomic E-state index is 5.09. The quantitative estimate of drug-likeness (QED) is 0.170. The zero-order valence-corrected chi connectivity index (χ0v) is 31.9. The summed E-state index contributed by atoms with van der Waals surface area (Å²) in [6.45, 7) is 0. The first-order valence-electron chi connectivity index (χ1n) is 20.0. The summed E-state index contributed by atoms with van der Waals surface area (Å²) in [5.41, 5.74) is 15.7. The summed E-state index contributed by atoms with van der Waals surface area (Å²) >= 11 is 0. The third-order valence-corrected chi connectivity index (χ3v) is 11.7. The molecule has 59 heavy (non-hydrogen) atoms. The molecule has 0 fully saturated rings. The molecule has 0 aliphatic heterocycles. The zero-order chi connectivity index (χ0) is 38.9. The number of rotatable bonds is 6. The van der Waals surface area contributed by atoms with Gasteiger partial charge in [-0.3, -0.25) is 0 Å². The van der Waals surface area contributed by atoms with E-state index >= 15 is 0 Å². The molecular weight excluding hydrogens is 719 g/mol. The van der Waals surface area contributed by atoms with Crippen molar-refractivity contribution in [1.29, 1.82) is 0 Å². The van der Waals surface area contributed by atoms with E-state index in [2.05, 4.69) is 203 Å². The molecular formula is C54H35N5. The lowest BCUT2D eigenvalue weighted by molar-refractivity contribution is 0.966. The van der Waals surface area contributed by atoms with Crippen LogP contribution < -0.4 is 0 Å². The van der Waals surface area contributed by atoms with Crippen LogP contribution in [0, 0.1) is 0 Å². The molecule has 0 unspecified atom stereocenters. The Kier molecular flexibility index (Phi) is 7.47.